The lowest BCUT2D eigenvalue weighted by atomic mass is 10.2. The summed E-state index contributed by atoms with van der Waals surface area (Å²) in [6.07, 6.45) is 2.00. The predicted octanol–water partition coefficient (Wildman–Crippen LogP) is 4.54. The van der Waals surface area contributed by atoms with E-state index in [-0.39, 0.29) is 18.2 Å². The third kappa shape index (κ3) is 4.35. The molecule has 1 aromatic heterocycles. The lowest BCUT2D eigenvalue weighted by molar-refractivity contribution is -0.117. The number of urea groups is 1. The zero-order valence-corrected chi connectivity index (χ0v) is 16.3. The van der Waals surface area contributed by atoms with Crippen molar-refractivity contribution in [1.82, 2.24) is 9.97 Å². The SMILES string of the molecule is Cc1cc(NC(=O)Nc2ccc(Oc3ncnc4c3CC(=O)C4)cc2)ccc1Cl. The Bertz CT molecular complexity index is 1100. The van der Waals surface area contributed by atoms with Crippen LogP contribution in [0.2, 0.25) is 5.02 Å². The van der Waals surface area contributed by atoms with Crippen LogP contribution in [0.25, 0.3) is 0 Å². The van der Waals surface area contributed by atoms with Gasteiger partial charge < -0.3 is 15.4 Å². The smallest absolute Gasteiger partial charge is 0.323 e. The molecule has 4 rings (SSSR count). The molecular weight excluding hydrogens is 392 g/mol. The Balaban J connectivity index is 1.39. The van der Waals surface area contributed by atoms with Crippen LogP contribution in [0.5, 0.6) is 11.6 Å². The van der Waals surface area contributed by atoms with Gasteiger partial charge in [-0.2, -0.15) is 0 Å². The highest BCUT2D eigenvalue weighted by Crippen LogP contribution is 2.29. The molecule has 8 heteroatoms. The molecule has 0 radical (unpaired) electrons. The molecule has 1 heterocycles. The van der Waals surface area contributed by atoms with Crippen LogP contribution in [-0.2, 0) is 17.6 Å². The first-order valence-electron chi connectivity index (χ1n) is 8.94. The summed E-state index contributed by atoms with van der Waals surface area (Å²) in [6.45, 7) is 1.87. The third-order valence-electron chi connectivity index (χ3n) is 4.48. The van der Waals surface area contributed by atoms with E-state index < -0.39 is 0 Å². The van der Waals surface area contributed by atoms with Gasteiger partial charge >= 0.3 is 6.03 Å². The lowest BCUT2D eigenvalue weighted by Gasteiger charge is -2.11. The van der Waals surface area contributed by atoms with Crippen LogP contribution >= 0.6 is 11.6 Å². The minimum absolute atomic E-state index is 0.104. The van der Waals surface area contributed by atoms with Crippen molar-refractivity contribution in [3.63, 3.8) is 0 Å². The molecule has 29 heavy (non-hydrogen) atoms. The van der Waals surface area contributed by atoms with Crippen LogP contribution in [-0.4, -0.2) is 21.8 Å². The predicted molar refractivity (Wildman–Crippen MR) is 110 cm³/mol. The van der Waals surface area contributed by atoms with E-state index in [4.69, 9.17) is 16.3 Å². The number of fused-ring (bicyclic) bond motifs is 1. The topological polar surface area (TPSA) is 93.2 Å². The molecule has 0 bridgehead atoms. The average Bonchev–Trinajstić information content (AvgIpc) is 3.07. The first-order chi connectivity index (χ1) is 14.0. The lowest BCUT2D eigenvalue weighted by Crippen LogP contribution is -2.19. The second-order valence-electron chi connectivity index (χ2n) is 6.67. The van der Waals surface area contributed by atoms with Crippen LogP contribution in [0.1, 0.15) is 16.8 Å². The van der Waals surface area contributed by atoms with Gasteiger partial charge in [0.05, 0.1) is 5.69 Å². The number of halogens is 1. The van der Waals surface area contributed by atoms with Crippen molar-refractivity contribution in [3.8, 4) is 11.6 Å². The Labute approximate surface area is 172 Å². The number of aromatic nitrogens is 2. The fourth-order valence-electron chi connectivity index (χ4n) is 3.03. The van der Waals surface area contributed by atoms with Gasteiger partial charge in [-0.15, -0.1) is 0 Å². The number of aryl methyl sites for hydroxylation is 1. The molecule has 0 saturated heterocycles. The van der Waals surface area contributed by atoms with Crippen LogP contribution in [0.15, 0.2) is 48.8 Å². The number of hydrogen-bond donors (Lipinski definition) is 2. The van der Waals surface area contributed by atoms with Gasteiger partial charge in [0.15, 0.2) is 0 Å². The number of benzene rings is 2. The Morgan fingerprint density at radius 2 is 1.76 bits per heavy atom. The molecule has 1 aliphatic rings. The number of carbonyl (C=O) groups is 2. The normalized spacial score (nSPS) is 12.4. The Kier molecular flexibility index (Phi) is 5.14. The molecule has 1 aliphatic carbocycles. The van der Waals surface area contributed by atoms with Crippen molar-refractivity contribution in [2.45, 2.75) is 19.8 Å². The second kappa shape index (κ2) is 7.89. The van der Waals surface area contributed by atoms with Crippen LogP contribution < -0.4 is 15.4 Å². The number of carbonyl (C=O) groups excluding carboxylic acids is 2. The van der Waals surface area contributed by atoms with Crippen molar-refractivity contribution in [2.24, 2.45) is 0 Å². The van der Waals surface area contributed by atoms with Gasteiger partial charge in [-0.1, -0.05) is 11.6 Å². The van der Waals surface area contributed by atoms with E-state index in [0.29, 0.717) is 40.1 Å². The molecule has 146 valence electrons. The Morgan fingerprint density at radius 1 is 1.03 bits per heavy atom. The Hall–Kier alpha value is -3.45. The molecule has 0 aliphatic heterocycles. The quantitative estimate of drug-likeness (QED) is 0.660. The van der Waals surface area contributed by atoms with E-state index in [1.54, 1.807) is 42.5 Å². The van der Waals surface area contributed by atoms with Crippen LogP contribution in [0.4, 0.5) is 16.2 Å². The van der Waals surface area contributed by atoms with E-state index >= 15 is 0 Å². The number of rotatable bonds is 4. The average molecular weight is 409 g/mol. The maximum atomic E-state index is 12.2. The van der Waals surface area contributed by atoms with E-state index in [2.05, 4.69) is 20.6 Å². The Morgan fingerprint density at radius 3 is 2.52 bits per heavy atom. The molecule has 0 fully saturated rings. The molecule has 2 N–H and O–H groups in total. The first kappa shape index (κ1) is 18.9. The number of nitrogens with one attached hydrogen (secondary N) is 2. The van der Waals surface area contributed by atoms with Crippen LogP contribution in [0, 0.1) is 6.92 Å². The summed E-state index contributed by atoms with van der Waals surface area (Å²) >= 11 is 5.99. The molecular formula is C21H17ClN4O3. The van der Waals surface area contributed by atoms with Gasteiger partial charge in [0.25, 0.3) is 0 Å². The van der Waals surface area contributed by atoms with E-state index in [1.165, 1.54) is 6.33 Å². The van der Waals surface area contributed by atoms with Crippen molar-refractivity contribution in [3.05, 3.63) is 70.6 Å². The van der Waals surface area contributed by atoms with E-state index in [1.807, 2.05) is 6.92 Å². The summed E-state index contributed by atoms with van der Waals surface area (Å²) in [4.78, 5) is 32.1. The fraction of sp³-hybridized carbons (Fsp3) is 0.143. The summed E-state index contributed by atoms with van der Waals surface area (Å²) < 4.78 is 5.81. The van der Waals surface area contributed by atoms with Crippen molar-refractivity contribution in [2.75, 3.05) is 10.6 Å². The van der Waals surface area contributed by atoms with Gasteiger partial charge in [0, 0.05) is 34.8 Å². The molecule has 2 amide bonds. The number of anilines is 2. The number of ether oxygens (including phenoxy) is 1. The van der Waals surface area contributed by atoms with Crippen molar-refractivity contribution in [1.29, 1.82) is 0 Å². The summed E-state index contributed by atoms with van der Waals surface area (Å²) in [7, 11) is 0. The number of amides is 2. The molecule has 7 nitrogen and oxygen atoms in total. The molecule has 3 aromatic rings. The fourth-order valence-corrected chi connectivity index (χ4v) is 3.15. The van der Waals surface area contributed by atoms with Crippen molar-refractivity contribution < 1.29 is 14.3 Å². The minimum atomic E-state index is -0.368. The molecule has 0 atom stereocenters. The number of Topliss-reactive ketones (excluding diaryl/α,β-unsaturated/α-hetero) is 1. The summed E-state index contributed by atoms with van der Waals surface area (Å²) in [5.41, 5.74) is 3.58. The highest BCUT2D eigenvalue weighted by molar-refractivity contribution is 6.31. The third-order valence-corrected chi connectivity index (χ3v) is 4.90. The standard InChI is InChI=1S/C21H17ClN4O3/c1-12-8-14(4-7-18(12)22)26-21(28)25-13-2-5-16(6-3-13)29-20-17-9-15(27)10-19(17)23-11-24-20/h2-8,11H,9-10H2,1H3,(H2,25,26,28). The molecule has 0 saturated carbocycles. The van der Waals surface area contributed by atoms with Gasteiger partial charge in [-0.3, -0.25) is 4.79 Å². The van der Waals surface area contributed by atoms with E-state index in [9.17, 15) is 9.59 Å². The minimum Gasteiger partial charge on any atom is -0.439 e. The summed E-state index contributed by atoms with van der Waals surface area (Å²) in [5, 5.41) is 6.15. The zero-order valence-electron chi connectivity index (χ0n) is 15.5. The summed E-state index contributed by atoms with van der Waals surface area (Å²) in [5.74, 6) is 1.04. The van der Waals surface area contributed by atoms with Gasteiger partial charge in [0.2, 0.25) is 5.88 Å². The first-order valence-corrected chi connectivity index (χ1v) is 9.32. The molecule has 0 spiro atoms. The monoisotopic (exact) mass is 408 g/mol. The second-order valence-corrected chi connectivity index (χ2v) is 7.07. The number of ketones is 1. The highest BCUT2D eigenvalue weighted by atomic mass is 35.5. The van der Waals surface area contributed by atoms with Gasteiger partial charge in [-0.05, 0) is 55.0 Å². The number of hydrogen-bond acceptors (Lipinski definition) is 5. The zero-order chi connectivity index (χ0) is 20.4. The maximum Gasteiger partial charge on any atom is 0.323 e. The van der Waals surface area contributed by atoms with Crippen LogP contribution in [0.3, 0.4) is 0 Å². The van der Waals surface area contributed by atoms with Crippen molar-refractivity contribution >= 4 is 34.8 Å². The molecule has 2 aromatic carbocycles. The van der Waals surface area contributed by atoms with Gasteiger partial charge in [-0.25, -0.2) is 14.8 Å². The largest absolute Gasteiger partial charge is 0.439 e. The maximum absolute atomic E-state index is 12.2. The number of nitrogens with zero attached hydrogens (tertiary/aromatic N) is 2. The summed E-state index contributed by atoms with van der Waals surface area (Å²) in [6, 6.07) is 11.8. The highest BCUT2D eigenvalue weighted by Gasteiger charge is 2.24. The molecule has 0 unspecified atom stereocenters. The van der Waals surface area contributed by atoms with Gasteiger partial charge in [0.1, 0.15) is 17.9 Å². The van der Waals surface area contributed by atoms with E-state index in [0.717, 1.165) is 11.1 Å².